The fourth-order valence-corrected chi connectivity index (χ4v) is 5.36. The van der Waals surface area contributed by atoms with Gasteiger partial charge in [0.05, 0.1) is 12.7 Å². The molecule has 0 amide bonds. The Kier molecular flexibility index (Phi) is 34.6. The highest BCUT2D eigenvalue weighted by Gasteiger charge is 2.13. The van der Waals surface area contributed by atoms with Crippen LogP contribution < -0.4 is 0 Å². The topological polar surface area (TPSA) is 76.0 Å². The van der Waals surface area contributed by atoms with Crippen molar-refractivity contribution in [1.29, 1.82) is 0 Å². The first-order chi connectivity index (χ1) is 21.6. The highest BCUT2D eigenvalue weighted by molar-refractivity contribution is 5.57. The van der Waals surface area contributed by atoms with Gasteiger partial charge in [0.15, 0.2) is 0 Å². The Morgan fingerprint density at radius 2 is 1.07 bits per heavy atom. The number of aliphatic hydroxyl groups excluding tert-OH is 1. The third-order valence-electron chi connectivity index (χ3n) is 8.17. The number of hydrogen-bond acceptors (Lipinski definition) is 4. The van der Waals surface area contributed by atoms with Gasteiger partial charge in [-0.2, -0.15) is 0 Å². The van der Waals surface area contributed by atoms with Crippen molar-refractivity contribution in [3.05, 3.63) is 36.5 Å². The van der Waals surface area contributed by atoms with Gasteiger partial charge in [0, 0.05) is 6.61 Å². The largest absolute Gasteiger partial charge is 0.506 e. The quantitative estimate of drug-likeness (QED) is 0.0425. The lowest BCUT2D eigenvalue weighted by Gasteiger charge is -2.16. The minimum Gasteiger partial charge on any atom is -0.450 e. The van der Waals surface area contributed by atoms with Crippen molar-refractivity contribution in [2.45, 2.75) is 193 Å². The molecule has 2 N–H and O–H groups in total. The zero-order valence-electron chi connectivity index (χ0n) is 29.0. The Morgan fingerprint density at radius 1 is 0.591 bits per heavy atom. The van der Waals surface area contributed by atoms with Crippen molar-refractivity contribution < 1.29 is 24.5 Å². The first-order valence-electron chi connectivity index (χ1n) is 18.7. The number of carboxylic acid groups (broad SMARTS) is 1. The van der Waals surface area contributed by atoms with E-state index in [4.69, 9.17) is 14.6 Å². The second kappa shape index (κ2) is 35.9. The van der Waals surface area contributed by atoms with Crippen LogP contribution in [0.15, 0.2) is 36.5 Å². The molecule has 0 aromatic rings. The van der Waals surface area contributed by atoms with Gasteiger partial charge in [0.1, 0.15) is 6.10 Å². The Morgan fingerprint density at radius 3 is 1.68 bits per heavy atom. The van der Waals surface area contributed by atoms with Gasteiger partial charge in [0.25, 0.3) is 0 Å². The van der Waals surface area contributed by atoms with Gasteiger partial charge in [-0.25, -0.2) is 4.79 Å². The van der Waals surface area contributed by atoms with E-state index in [0.29, 0.717) is 13.2 Å². The number of aliphatic hydroxyl groups is 1. The first kappa shape index (κ1) is 42.4. The van der Waals surface area contributed by atoms with Crippen LogP contribution in [0.3, 0.4) is 0 Å². The molecular formula is C39H72O5. The summed E-state index contributed by atoms with van der Waals surface area (Å²) in [5.41, 5.74) is 0. The molecule has 5 nitrogen and oxygen atoms in total. The summed E-state index contributed by atoms with van der Waals surface area (Å²) in [7, 11) is 0. The molecule has 0 spiro atoms. The van der Waals surface area contributed by atoms with Crippen LogP contribution in [0.5, 0.6) is 0 Å². The summed E-state index contributed by atoms with van der Waals surface area (Å²) < 4.78 is 10.8. The maximum Gasteiger partial charge on any atom is 0.506 e. The number of hydrogen-bond donors (Lipinski definition) is 2. The van der Waals surface area contributed by atoms with Gasteiger partial charge in [-0.1, -0.05) is 140 Å². The average Bonchev–Trinajstić information content (AvgIpc) is 3.00. The standard InChI is InChI=1S/C39H72O5/c1-3-5-7-9-10-11-12-13-14-15-16-17-20-23-26-30-34-38(44-39(41)42)36-43-35-31-27-24-21-18-19-22-25-29-33-37(40)32-28-8-6-4-2/h10-11,13-14,25,29,37-38,40H,3-9,12,15-24,26-28,30-36H2,1-2H3,(H,41,42)/t37-,38?/m1/s1. The summed E-state index contributed by atoms with van der Waals surface area (Å²) >= 11 is 0. The van der Waals surface area contributed by atoms with E-state index in [1.54, 1.807) is 0 Å². The van der Waals surface area contributed by atoms with Crippen LogP contribution in [0.2, 0.25) is 0 Å². The molecule has 0 aliphatic rings. The molecule has 2 atom stereocenters. The number of allylic oxidation sites excluding steroid dienone is 5. The van der Waals surface area contributed by atoms with Crippen molar-refractivity contribution in [2.75, 3.05) is 13.2 Å². The molecule has 0 heterocycles. The number of rotatable bonds is 34. The lowest BCUT2D eigenvalue weighted by Crippen LogP contribution is -2.23. The number of ether oxygens (including phenoxy) is 2. The van der Waals surface area contributed by atoms with E-state index in [1.165, 1.54) is 103 Å². The van der Waals surface area contributed by atoms with Crippen molar-refractivity contribution >= 4 is 6.16 Å². The third-order valence-corrected chi connectivity index (χ3v) is 8.17. The molecule has 0 fully saturated rings. The van der Waals surface area contributed by atoms with Crippen LogP contribution in [0.4, 0.5) is 4.79 Å². The molecule has 0 rings (SSSR count). The van der Waals surface area contributed by atoms with Gasteiger partial charge < -0.3 is 19.7 Å². The van der Waals surface area contributed by atoms with E-state index in [-0.39, 0.29) is 12.2 Å². The molecule has 0 aliphatic heterocycles. The Hall–Kier alpha value is -1.59. The fourth-order valence-electron chi connectivity index (χ4n) is 5.36. The van der Waals surface area contributed by atoms with Gasteiger partial charge >= 0.3 is 6.16 Å². The minimum atomic E-state index is -1.20. The van der Waals surface area contributed by atoms with Crippen molar-refractivity contribution in [1.82, 2.24) is 0 Å². The van der Waals surface area contributed by atoms with Crippen LogP contribution in [-0.2, 0) is 9.47 Å². The maximum atomic E-state index is 11.1. The summed E-state index contributed by atoms with van der Waals surface area (Å²) in [6.45, 7) is 5.50. The molecule has 0 aromatic carbocycles. The molecule has 0 aliphatic carbocycles. The molecule has 0 bridgehead atoms. The normalized spacial score (nSPS) is 13.4. The molecule has 0 radical (unpaired) electrons. The zero-order chi connectivity index (χ0) is 32.2. The van der Waals surface area contributed by atoms with Crippen LogP contribution >= 0.6 is 0 Å². The van der Waals surface area contributed by atoms with Crippen LogP contribution in [0, 0.1) is 0 Å². The molecule has 44 heavy (non-hydrogen) atoms. The third kappa shape index (κ3) is 34.9. The molecule has 0 aromatic heterocycles. The van der Waals surface area contributed by atoms with Crippen molar-refractivity contribution in [2.24, 2.45) is 0 Å². The van der Waals surface area contributed by atoms with Gasteiger partial charge in [-0.05, 0) is 77.0 Å². The number of unbranched alkanes of at least 4 members (excludes halogenated alkanes) is 18. The highest BCUT2D eigenvalue weighted by Crippen LogP contribution is 2.14. The van der Waals surface area contributed by atoms with Crippen molar-refractivity contribution in [3.63, 3.8) is 0 Å². The lowest BCUT2D eigenvalue weighted by molar-refractivity contribution is -0.00676. The Labute approximate surface area is 273 Å². The Balaban J connectivity index is 3.61. The van der Waals surface area contributed by atoms with E-state index >= 15 is 0 Å². The monoisotopic (exact) mass is 621 g/mol. The Bertz CT molecular complexity index is 671. The number of carbonyl (C=O) groups is 1. The summed E-state index contributed by atoms with van der Waals surface area (Å²) in [6, 6.07) is 0. The zero-order valence-corrected chi connectivity index (χ0v) is 29.0. The van der Waals surface area contributed by atoms with E-state index < -0.39 is 6.16 Å². The lowest BCUT2D eigenvalue weighted by atomic mass is 10.1. The maximum absolute atomic E-state index is 11.1. The smallest absolute Gasteiger partial charge is 0.450 e. The molecule has 5 heteroatoms. The van der Waals surface area contributed by atoms with Gasteiger partial charge in [-0.3, -0.25) is 0 Å². The van der Waals surface area contributed by atoms with Gasteiger partial charge in [0.2, 0.25) is 0 Å². The summed E-state index contributed by atoms with van der Waals surface area (Å²) in [5.74, 6) is 0. The van der Waals surface area contributed by atoms with Crippen LogP contribution in [0.1, 0.15) is 181 Å². The SMILES string of the molecule is CCCCCC=CCC=CCCCCCCCCC(COCCCCCCCCC=CC[C@H](O)CCCCCC)OC(=O)O. The molecule has 1 unspecified atom stereocenters. The van der Waals surface area contributed by atoms with Crippen LogP contribution in [0.25, 0.3) is 0 Å². The highest BCUT2D eigenvalue weighted by atomic mass is 16.7. The second-order valence-corrected chi connectivity index (χ2v) is 12.6. The molecule has 258 valence electrons. The predicted octanol–water partition coefficient (Wildman–Crippen LogP) is 12.3. The summed E-state index contributed by atoms with van der Waals surface area (Å²) in [6.07, 6.45) is 41.8. The predicted molar refractivity (Wildman–Crippen MR) is 189 cm³/mol. The molecular weight excluding hydrogens is 548 g/mol. The fraction of sp³-hybridized carbons (Fsp3) is 0.821. The molecule has 0 saturated carbocycles. The van der Waals surface area contributed by atoms with Gasteiger partial charge in [-0.15, -0.1) is 0 Å². The van der Waals surface area contributed by atoms with Crippen LogP contribution in [-0.4, -0.2) is 41.8 Å². The van der Waals surface area contributed by atoms with E-state index in [0.717, 1.165) is 64.2 Å². The first-order valence-corrected chi connectivity index (χ1v) is 18.7. The second-order valence-electron chi connectivity index (χ2n) is 12.6. The van der Waals surface area contributed by atoms with Crippen molar-refractivity contribution in [3.8, 4) is 0 Å². The average molecular weight is 621 g/mol. The summed E-state index contributed by atoms with van der Waals surface area (Å²) in [4.78, 5) is 11.1. The van der Waals surface area contributed by atoms with E-state index in [1.807, 2.05) is 0 Å². The summed E-state index contributed by atoms with van der Waals surface area (Å²) in [5, 5.41) is 19.1. The van der Waals surface area contributed by atoms with E-state index in [9.17, 15) is 9.90 Å². The minimum absolute atomic E-state index is 0.174. The molecule has 0 saturated heterocycles. The van der Waals surface area contributed by atoms with E-state index in [2.05, 4.69) is 50.3 Å².